The van der Waals surface area contributed by atoms with Gasteiger partial charge in [0.05, 0.1) is 19.6 Å². The summed E-state index contributed by atoms with van der Waals surface area (Å²) in [4.78, 5) is 19.2. The first-order valence-electron chi connectivity index (χ1n) is 10.8. The number of rotatable bonds is 6. The largest absolute Gasteiger partial charge is 0.377 e. The number of carbonyl (C=O) groups is 1. The van der Waals surface area contributed by atoms with Crippen molar-refractivity contribution in [2.24, 2.45) is 0 Å². The van der Waals surface area contributed by atoms with Crippen LogP contribution in [0, 0.1) is 6.92 Å². The topological polar surface area (TPSA) is 54.5 Å². The van der Waals surface area contributed by atoms with Crippen LogP contribution >= 0.6 is 13.5 Å². The van der Waals surface area contributed by atoms with E-state index in [2.05, 4.69) is 47.2 Å². The second-order valence-electron chi connectivity index (χ2n) is 8.09. The molecule has 1 N–H and O–H groups in total. The fourth-order valence-corrected chi connectivity index (χ4v) is 3.97. The molecule has 4 rings (SSSR count). The van der Waals surface area contributed by atoms with E-state index in [1.165, 1.54) is 11.3 Å². The zero-order chi connectivity index (χ0) is 21.6. The van der Waals surface area contributed by atoms with Crippen molar-refractivity contribution in [1.82, 2.24) is 10.3 Å². The summed E-state index contributed by atoms with van der Waals surface area (Å²) in [6, 6.07) is 20.9. The van der Waals surface area contributed by atoms with Gasteiger partial charge in [-0.1, -0.05) is 42.5 Å². The average Bonchev–Trinajstić information content (AvgIpc) is 2.79. The van der Waals surface area contributed by atoms with Crippen molar-refractivity contribution in [3.8, 4) is 11.1 Å². The van der Waals surface area contributed by atoms with E-state index in [1.54, 1.807) is 0 Å². The number of anilines is 1. The van der Waals surface area contributed by atoms with Gasteiger partial charge in [-0.15, -0.1) is 0 Å². The van der Waals surface area contributed by atoms with E-state index >= 15 is 0 Å². The van der Waals surface area contributed by atoms with Gasteiger partial charge < -0.3 is 15.0 Å². The van der Waals surface area contributed by atoms with Crippen LogP contribution in [0.15, 0.2) is 66.9 Å². The minimum atomic E-state index is -0.0238. The summed E-state index contributed by atoms with van der Waals surface area (Å²) in [5.41, 5.74) is 6.53. The van der Waals surface area contributed by atoms with Gasteiger partial charge in [0.25, 0.3) is 0 Å². The number of ether oxygens (including phenoxy) is 1. The van der Waals surface area contributed by atoms with Crippen LogP contribution < -0.4 is 10.2 Å². The molecule has 0 radical (unpaired) electrons. The Morgan fingerprint density at radius 1 is 1.16 bits per heavy atom. The SMILES string of the molecule is Cc1cc(N2CCOC[C@@H]2C)ccc1-c1ccc(CC(=O)NCc2ccccc2)nc1.S. The first-order valence-corrected chi connectivity index (χ1v) is 10.8. The third-order valence-corrected chi connectivity index (χ3v) is 5.72. The molecule has 0 aliphatic carbocycles. The predicted molar refractivity (Wildman–Crippen MR) is 134 cm³/mol. The Hall–Kier alpha value is -2.83. The maximum Gasteiger partial charge on any atom is 0.226 e. The zero-order valence-electron chi connectivity index (χ0n) is 18.7. The van der Waals surface area contributed by atoms with Gasteiger partial charge in [-0.05, 0) is 48.7 Å². The van der Waals surface area contributed by atoms with Crippen molar-refractivity contribution in [2.45, 2.75) is 32.9 Å². The highest BCUT2D eigenvalue weighted by Crippen LogP contribution is 2.28. The zero-order valence-corrected chi connectivity index (χ0v) is 19.7. The lowest BCUT2D eigenvalue weighted by atomic mass is 10.00. The molecule has 5 nitrogen and oxygen atoms in total. The van der Waals surface area contributed by atoms with Crippen molar-refractivity contribution >= 4 is 25.1 Å². The number of hydrogen-bond acceptors (Lipinski definition) is 4. The van der Waals surface area contributed by atoms with Crippen molar-refractivity contribution in [2.75, 3.05) is 24.7 Å². The molecule has 1 aliphatic heterocycles. The summed E-state index contributed by atoms with van der Waals surface area (Å²) in [5, 5.41) is 2.95. The van der Waals surface area contributed by atoms with Gasteiger partial charge in [-0.25, -0.2) is 0 Å². The number of nitrogens with one attached hydrogen (secondary N) is 1. The fourth-order valence-electron chi connectivity index (χ4n) is 3.97. The second-order valence-corrected chi connectivity index (χ2v) is 8.09. The summed E-state index contributed by atoms with van der Waals surface area (Å²) in [6.45, 7) is 7.32. The van der Waals surface area contributed by atoms with Gasteiger partial charge in [0.15, 0.2) is 0 Å². The molecule has 6 heteroatoms. The van der Waals surface area contributed by atoms with Crippen LogP contribution in [0.1, 0.15) is 23.7 Å². The number of aryl methyl sites for hydroxylation is 1. The average molecular weight is 450 g/mol. The van der Waals surface area contributed by atoms with E-state index in [0.29, 0.717) is 12.6 Å². The molecule has 1 saturated heterocycles. The normalized spacial score (nSPS) is 15.7. The molecule has 1 aromatic heterocycles. The molecule has 1 amide bonds. The number of hydrogen-bond donors (Lipinski definition) is 1. The number of aromatic nitrogens is 1. The minimum absolute atomic E-state index is 0. The third-order valence-electron chi connectivity index (χ3n) is 5.72. The first-order chi connectivity index (χ1) is 15.1. The monoisotopic (exact) mass is 449 g/mol. The molecule has 32 heavy (non-hydrogen) atoms. The van der Waals surface area contributed by atoms with E-state index in [9.17, 15) is 4.79 Å². The van der Waals surface area contributed by atoms with Gasteiger partial charge in [0, 0.05) is 42.3 Å². The number of morpholine rings is 1. The molecule has 1 aliphatic rings. The number of carbonyl (C=O) groups excluding carboxylic acids is 1. The molecule has 0 unspecified atom stereocenters. The van der Waals surface area contributed by atoms with Crippen LogP contribution in [0.4, 0.5) is 5.69 Å². The summed E-state index contributed by atoms with van der Waals surface area (Å²) in [6.07, 6.45) is 2.14. The number of nitrogens with zero attached hydrogens (tertiary/aromatic N) is 2. The van der Waals surface area contributed by atoms with E-state index < -0.39 is 0 Å². The molecule has 3 aromatic rings. The van der Waals surface area contributed by atoms with E-state index in [1.807, 2.05) is 48.7 Å². The summed E-state index contributed by atoms with van der Waals surface area (Å²) in [7, 11) is 0. The second kappa shape index (κ2) is 11.2. The van der Waals surface area contributed by atoms with Crippen LogP contribution in [0.3, 0.4) is 0 Å². The molecule has 1 fully saturated rings. The Morgan fingerprint density at radius 3 is 2.66 bits per heavy atom. The highest BCUT2D eigenvalue weighted by atomic mass is 32.1. The first kappa shape index (κ1) is 23.8. The van der Waals surface area contributed by atoms with E-state index in [0.717, 1.165) is 42.1 Å². The van der Waals surface area contributed by atoms with Crippen molar-refractivity contribution in [3.05, 3.63) is 83.7 Å². The fraction of sp³-hybridized carbons (Fsp3) is 0.308. The van der Waals surface area contributed by atoms with Crippen molar-refractivity contribution < 1.29 is 9.53 Å². The molecule has 168 valence electrons. The number of amides is 1. The molecule has 0 spiro atoms. The van der Waals surface area contributed by atoms with Crippen molar-refractivity contribution in [1.29, 1.82) is 0 Å². The highest BCUT2D eigenvalue weighted by Gasteiger charge is 2.19. The molecule has 2 aromatic carbocycles. The summed E-state index contributed by atoms with van der Waals surface area (Å²) in [5.74, 6) is -0.0238. The third kappa shape index (κ3) is 5.90. The molecular weight excluding hydrogens is 418 g/mol. The van der Waals surface area contributed by atoms with Gasteiger partial charge in [-0.2, -0.15) is 13.5 Å². The Bertz CT molecular complexity index is 1030. The maximum atomic E-state index is 12.2. The van der Waals surface area contributed by atoms with Crippen LogP contribution in [-0.2, 0) is 22.5 Å². The lowest BCUT2D eigenvalue weighted by molar-refractivity contribution is -0.120. The van der Waals surface area contributed by atoms with Crippen LogP contribution in [0.25, 0.3) is 11.1 Å². The molecule has 0 bridgehead atoms. The summed E-state index contributed by atoms with van der Waals surface area (Å²) < 4.78 is 5.55. The predicted octanol–water partition coefficient (Wildman–Crippen LogP) is 4.25. The minimum Gasteiger partial charge on any atom is -0.377 e. The van der Waals surface area contributed by atoms with E-state index in [-0.39, 0.29) is 25.8 Å². The molecule has 0 saturated carbocycles. The Kier molecular flexibility index (Phi) is 8.31. The Balaban J connectivity index is 0.00000289. The quantitative estimate of drug-likeness (QED) is 0.611. The lowest BCUT2D eigenvalue weighted by Crippen LogP contribution is -2.43. The van der Waals surface area contributed by atoms with Crippen LogP contribution in [0.2, 0.25) is 0 Å². The molecular formula is C26H31N3O2S. The Labute approximate surface area is 197 Å². The van der Waals surface area contributed by atoms with Gasteiger partial charge in [-0.3, -0.25) is 9.78 Å². The smallest absolute Gasteiger partial charge is 0.226 e. The standard InChI is InChI=1S/C26H29N3O2.H2S/c1-19-14-24(29-12-13-31-18-20(29)2)10-11-25(19)22-8-9-23(27-17-22)15-26(30)28-16-21-6-4-3-5-7-21;/h3-11,14,17,20H,12-13,15-16,18H2,1-2H3,(H,28,30);1H2/t20-;/m0./s1. The van der Waals surface area contributed by atoms with Crippen LogP contribution in [0.5, 0.6) is 0 Å². The van der Waals surface area contributed by atoms with Gasteiger partial charge >= 0.3 is 0 Å². The number of pyridine rings is 1. The van der Waals surface area contributed by atoms with Crippen LogP contribution in [-0.4, -0.2) is 36.7 Å². The highest BCUT2D eigenvalue weighted by molar-refractivity contribution is 7.59. The summed E-state index contributed by atoms with van der Waals surface area (Å²) >= 11 is 0. The van der Waals surface area contributed by atoms with Crippen molar-refractivity contribution in [3.63, 3.8) is 0 Å². The molecule has 1 atom stereocenters. The molecule has 2 heterocycles. The Morgan fingerprint density at radius 2 is 1.97 bits per heavy atom. The van der Waals surface area contributed by atoms with Gasteiger partial charge in [0.2, 0.25) is 5.91 Å². The van der Waals surface area contributed by atoms with Gasteiger partial charge in [0.1, 0.15) is 0 Å². The lowest BCUT2D eigenvalue weighted by Gasteiger charge is -2.35. The maximum absolute atomic E-state index is 12.2. The number of benzene rings is 2. The van der Waals surface area contributed by atoms with E-state index in [4.69, 9.17) is 4.74 Å².